The molecule has 104 valence electrons. The van der Waals surface area contributed by atoms with Crippen LogP contribution in [0.4, 0.5) is 0 Å². The maximum atomic E-state index is 12.1. The van der Waals surface area contributed by atoms with Gasteiger partial charge in [0.1, 0.15) is 0 Å². The zero-order valence-corrected chi connectivity index (χ0v) is 11.4. The SMILES string of the molecule is CC1=CC(=O)N(CCCn2ccnc2)C1c1ccn[nH]1. The zero-order chi connectivity index (χ0) is 13.9. The Morgan fingerprint density at radius 2 is 2.25 bits per heavy atom. The summed E-state index contributed by atoms with van der Waals surface area (Å²) in [6.07, 6.45) is 9.81. The number of nitrogens with zero attached hydrogens (tertiary/aromatic N) is 4. The minimum atomic E-state index is -0.00668. The first-order valence-corrected chi connectivity index (χ1v) is 6.69. The summed E-state index contributed by atoms with van der Waals surface area (Å²) in [4.78, 5) is 18.0. The highest BCUT2D eigenvalue weighted by atomic mass is 16.2. The monoisotopic (exact) mass is 271 g/mol. The van der Waals surface area contributed by atoms with Crippen molar-refractivity contribution in [3.8, 4) is 0 Å². The standard InChI is InChI=1S/C14H17N5O/c1-11-9-13(20)19(14(11)12-3-4-16-17-12)7-2-6-18-8-5-15-10-18/h3-5,8-10,14H,2,6-7H2,1H3,(H,16,17). The van der Waals surface area contributed by atoms with Crippen LogP contribution in [0.5, 0.6) is 0 Å². The molecule has 3 rings (SSSR count). The lowest BCUT2D eigenvalue weighted by atomic mass is 10.1. The van der Waals surface area contributed by atoms with Gasteiger partial charge in [-0.15, -0.1) is 0 Å². The number of hydrogen-bond donors (Lipinski definition) is 1. The average Bonchev–Trinajstić information content (AvgIpc) is 3.13. The van der Waals surface area contributed by atoms with E-state index in [9.17, 15) is 4.79 Å². The van der Waals surface area contributed by atoms with Crippen LogP contribution in [-0.4, -0.2) is 37.1 Å². The van der Waals surface area contributed by atoms with Crippen molar-refractivity contribution in [3.05, 3.63) is 48.3 Å². The van der Waals surface area contributed by atoms with Gasteiger partial charge in [0, 0.05) is 37.8 Å². The lowest BCUT2D eigenvalue weighted by molar-refractivity contribution is -0.126. The Labute approximate surface area is 117 Å². The molecule has 0 fully saturated rings. The average molecular weight is 271 g/mol. The van der Waals surface area contributed by atoms with Crippen molar-refractivity contribution in [3.63, 3.8) is 0 Å². The molecule has 1 amide bonds. The Morgan fingerprint density at radius 3 is 2.95 bits per heavy atom. The first-order chi connectivity index (χ1) is 9.75. The molecule has 0 aliphatic carbocycles. The fourth-order valence-electron chi connectivity index (χ4n) is 2.64. The molecular formula is C14H17N5O. The molecule has 6 heteroatoms. The smallest absolute Gasteiger partial charge is 0.247 e. The quantitative estimate of drug-likeness (QED) is 0.896. The normalized spacial score (nSPS) is 18.6. The van der Waals surface area contributed by atoms with Crippen LogP contribution in [0.3, 0.4) is 0 Å². The highest BCUT2D eigenvalue weighted by Gasteiger charge is 2.31. The Kier molecular flexibility index (Phi) is 3.37. The van der Waals surface area contributed by atoms with Crippen LogP contribution in [0.15, 0.2) is 42.6 Å². The molecule has 1 atom stereocenters. The predicted octanol–water partition coefficient (Wildman–Crippen LogP) is 1.53. The highest BCUT2D eigenvalue weighted by molar-refractivity contribution is 5.92. The summed E-state index contributed by atoms with van der Waals surface area (Å²) in [5.74, 6) is 0.0766. The number of aromatic amines is 1. The summed E-state index contributed by atoms with van der Waals surface area (Å²) >= 11 is 0. The molecular weight excluding hydrogens is 254 g/mol. The van der Waals surface area contributed by atoms with Crippen LogP contribution in [-0.2, 0) is 11.3 Å². The van der Waals surface area contributed by atoms with E-state index in [1.165, 1.54) is 0 Å². The number of aryl methyl sites for hydroxylation is 1. The second kappa shape index (κ2) is 5.32. The van der Waals surface area contributed by atoms with Crippen LogP contribution in [0.2, 0.25) is 0 Å². The van der Waals surface area contributed by atoms with Crippen LogP contribution >= 0.6 is 0 Å². The van der Waals surface area contributed by atoms with Crippen molar-refractivity contribution in [2.75, 3.05) is 6.54 Å². The van der Waals surface area contributed by atoms with Gasteiger partial charge in [0.2, 0.25) is 5.91 Å². The van der Waals surface area contributed by atoms with Crippen molar-refractivity contribution >= 4 is 5.91 Å². The summed E-state index contributed by atoms with van der Waals surface area (Å²) in [6.45, 7) is 3.56. The number of amides is 1. The van der Waals surface area contributed by atoms with E-state index in [-0.39, 0.29) is 11.9 Å². The van der Waals surface area contributed by atoms with Gasteiger partial charge < -0.3 is 9.47 Å². The van der Waals surface area contributed by atoms with Crippen molar-refractivity contribution in [1.29, 1.82) is 0 Å². The van der Waals surface area contributed by atoms with Gasteiger partial charge in [-0.1, -0.05) is 0 Å². The molecule has 3 heterocycles. The van der Waals surface area contributed by atoms with Gasteiger partial charge in [-0.2, -0.15) is 5.10 Å². The Morgan fingerprint density at radius 1 is 1.35 bits per heavy atom. The molecule has 0 spiro atoms. The molecule has 2 aromatic rings. The summed E-state index contributed by atoms with van der Waals surface area (Å²) in [7, 11) is 0. The van der Waals surface area contributed by atoms with Crippen molar-refractivity contribution in [2.45, 2.75) is 25.9 Å². The maximum absolute atomic E-state index is 12.1. The van der Waals surface area contributed by atoms with Gasteiger partial charge in [0.05, 0.1) is 18.1 Å². The summed E-state index contributed by atoms with van der Waals surface area (Å²) < 4.78 is 2.02. The van der Waals surface area contributed by atoms with E-state index in [1.54, 1.807) is 24.8 Å². The van der Waals surface area contributed by atoms with Crippen LogP contribution in [0, 0.1) is 0 Å². The Balaban J connectivity index is 1.66. The van der Waals surface area contributed by atoms with Gasteiger partial charge in [-0.25, -0.2) is 4.98 Å². The third-order valence-corrected chi connectivity index (χ3v) is 3.57. The second-order valence-corrected chi connectivity index (χ2v) is 4.99. The van der Waals surface area contributed by atoms with Crippen molar-refractivity contribution in [1.82, 2.24) is 24.6 Å². The fraction of sp³-hybridized carbons (Fsp3) is 0.357. The van der Waals surface area contributed by atoms with Crippen LogP contribution in [0.25, 0.3) is 0 Å². The second-order valence-electron chi connectivity index (χ2n) is 4.99. The van der Waals surface area contributed by atoms with Gasteiger partial charge in [-0.05, 0) is 25.0 Å². The van der Waals surface area contributed by atoms with E-state index in [0.717, 1.165) is 24.2 Å². The molecule has 0 saturated heterocycles. The molecule has 0 saturated carbocycles. The Hall–Kier alpha value is -2.37. The van der Waals surface area contributed by atoms with Crippen molar-refractivity contribution in [2.24, 2.45) is 0 Å². The van der Waals surface area contributed by atoms with Crippen LogP contribution < -0.4 is 0 Å². The molecule has 1 N–H and O–H groups in total. The molecule has 1 aliphatic rings. The van der Waals surface area contributed by atoms with E-state index in [0.29, 0.717) is 6.54 Å². The molecule has 1 unspecified atom stereocenters. The minimum absolute atomic E-state index is 0.00668. The van der Waals surface area contributed by atoms with Crippen molar-refractivity contribution < 1.29 is 4.79 Å². The van der Waals surface area contributed by atoms with Gasteiger partial charge in [0.25, 0.3) is 0 Å². The molecule has 2 aromatic heterocycles. The first-order valence-electron chi connectivity index (χ1n) is 6.69. The number of carbonyl (C=O) groups excluding carboxylic acids is 1. The minimum Gasteiger partial charge on any atom is -0.337 e. The highest BCUT2D eigenvalue weighted by Crippen LogP contribution is 2.32. The van der Waals surface area contributed by atoms with Gasteiger partial charge in [-0.3, -0.25) is 9.89 Å². The van der Waals surface area contributed by atoms with Gasteiger partial charge in [0.15, 0.2) is 0 Å². The third-order valence-electron chi connectivity index (χ3n) is 3.57. The molecule has 0 radical (unpaired) electrons. The Bertz CT molecular complexity index is 600. The summed E-state index contributed by atoms with van der Waals surface area (Å²) in [5, 5.41) is 6.94. The number of hydrogen-bond acceptors (Lipinski definition) is 3. The lowest BCUT2D eigenvalue weighted by Crippen LogP contribution is -2.31. The first kappa shape index (κ1) is 12.7. The number of H-pyrrole nitrogens is 1. The van der Waals surface area contributed by atoms with Gasteiger partial charge >= 0.3 is 0 Å². The largest absolute Gasteiger partial charge is 0.337 e. The molecule has 0 bridgehead atoms. The molecule has 1 aliphatic heterocycles. The maximum Gasteiger partial charge on any atom is 0.247 e. The summed E-state index contributed by atoms with van der Waals surface area (Å²) in [5.41, 5.74) is 2.02. The number of aromatic nitrogens is 4. The number of rotatable bonds is 5. The number of carbonyl (C=O) groups is 1. The van der Waals surface area contributed by atoms with E-state index in [2.05, 4.69) is 15.2 Å². The number of nitrogens with one attached hydrogen (secondary N) is 1. The lowest BCUT2D eigenvalue weighted by Gasteiger charge is -2.25. The third kappa shape index (κ3) is 2.36. The summed E-state index contributed by atoms with van der Waals surface area (Å²) in [6, 6.07) is 1.91. The number of imidazole rings is 1. The topological polar surface area (TPSA) is 66.8 Å². The van der Waals surface area contributed by atoms with E-state index in [1.807, 2.05) is 28.7 Å². The predicted molar refractivity (Wildman–Crippen MR) is 73.6 cm³/mol. The van der Waals surface area contributed by atoms with E-state index in [4.69, 9.17) is 0 Å². The zero-order valence-electron chi connectivity index (χ0n) is 11.4. The molecule has 20 heavy (non-hydrogen) atoms. The molecule has 6 nitrogen and oxygen atoms in total. The van der Waals surface area contributed by atoms with E-state index >= 15 is 0 Å². The fourth-order valence-corrected chi connectivity index (χ4v) is 2.64. The van der Waals surface area contributed by atoms with E-state index < -0.39 is 0 Å². The molecule has 0 aromatic carbocycles. The van der Waals surface area contributed by atoms with Crippen LogP contribution in [0.1, 0.15) is 25.1 Å².